The van der Waals surface area contributed by atoms with Gasteiger partial charge in [0, 0.05) is 0 Å². The van der Waals surface area contributed by atoms with Crippen LogP contribution in [0.2, 0.25) is 0 Å². The summed E-state index contributed by atoms with van der Waals surface area (Å²) in [6.07, 6.45) is 0. The lowest BCUT2D eigenvalue weighted by molar-refractivity contribution is -0.597. The predicted molar refractivity (Wildman–Crippen MR) is 69.1 cm³/mol. The van der Waals surface area contributed by atoms with E-state index < -0.39 is 69.8 Å². The largest absolute Gasteiger partial charge is 0.439 e. The van der Waals surface area contributed by atoms with Crippen molar-refractivity contribution in [1.82, 2.24) is 0 Å². The molecule has 0 heterocycles. The number of carbonyl (C=O) groups excluding carboxylic acids is 1. The molecule has 0 spiro atoms. The van der Waals surface area contributed by atoms with Crippen LogP contribution in [-0.2, 0) is 9.53 Å². The summed E-state index contributed by atoms with van der Waals surface area (Å²) in [6.45, 7) is 1.87. The molecule has 2 atom stereocenters. The molecule has 180 valence electrons. The zero-order chi connectivity index (χ0) is 24.9. The molecule has 4 aliphatic rings. The first-order valence-corrected chi connectivity index (χ1v) is 8.12. The zero-order valence-electron chi connectivity index (χ0n) is 15.2. The third kappa shape index (κ3) is 1.70. The molecule has 0 radical (unpaired) electrons. The summed E-state index contributed by atoms with van der Waals surface area (Å²) in [5.74, 6) is -52.3. The molecule has 4 rings (SSSR count). The maximum Gasteiger partial charge on any atom is 0.344 e. The first kappa shape index (κ1) is 24.1. The molecule has 16 heteroatoms. The zero-order valence-corrected chi connectivity index (χ0v) is 15.2. The molecule has 0 aliphatic heterocycles. The molecule has 31 heavy (non-hydrogen) atoms. The van der Waals surface area contributed by atoms with Gasteiger partial charge in [0.1, 0.15) is 0 Å². The van der Waals surface area contributed by atoms with Gasteiger partial charge in [0.05, 0.1) is 5.41 Å². The number of hydrogen-bond acceptors (Lipinski definition) is 2. The van der Waals surface area contributed by atoms with E-state index in [1.807, 2.05) is 0 Å². The summed E-state index contributed by atoms with van der Waals surface area (Å²) in [5, 5.41) is 0. The standard InChI is InChI=1S/C15H10F14O2/c1-6(2,3)5(30)31-12-9(20,21)4-7(16,17)10(22,14(12,26)27)13(24,25)11(23,8(4,18)19)15(12,28)29/h4H,1-3H3. The van der Waals surface area contributed by atoms with E-state index in [1.54, 1.807) is 0 Å². The summed E-state index contributed by atoms with van der Waals surface area (Å²) in [7, 11) is 0. The SMILES string of the molecule is CC(C)(C)C(=O)OC12C(F)(F)C3C(F)(F)C(F)(C(F)(F)C(F)(C3(F)F)C1(F)F)C2(F)F. The highest BCUT2D eigenvalue weighted by atomic mass is 19.3. The molecule has 0 amide bonds. The van der Waals surface area contributed by atoms with Crippen LogP contribution in [0.15, 0.2) is 0 Å². The van der Waals surface area contributed by atoms with Gasteiger partial charge in [0.2, 0.25) is 0 Å². The number of rotatable bonds is 1. The summed E-state index contributed by atoms with van der Waals surface area (Å²) < 4.78 is 206. The van der Waals surface area contributed by atoms with Crippen LogP contribution in [0.5, 0.6) is 0 Å². The van der Waals surface area contributed by atoms with Gasteiger partial charge in [-0.15, -0.1) is 0 Å². The van der Waals surface area contributed by atoms with E-state index in [2.05, 4.69) is 4.74 Å². The predicted octanol–water partition coefficient (Wildman–Crippen LogP) is 5.20. The molecule has 2 nitrogen and oxygen atoms in total. The van der Waals surface area contributed by atoms with E-state index in [0.717, 1.165) is 0 Å². The van der Waals surface area contributed by atoms with Crippen molar-refractivity contribution >= 4 is 5.97 Å². The maximum atomic E-state index is 14.8. The van der Waals surface area contributed by atoms with Crippen molar-refractivity contribution in [1.29, 1.82) is 0 Å². The van der Waals surface area contributed by atoms with Gasteiger partial charge in [-0.3, -0.25) is 4.79 Å². The number of hydrogen-bond donors (Lipinski definition) is 0. The highest BCUT2D eigenvalue weighted by Gasteiger charge is 3.19. The van der Waals surface area contributed by atoms with Gasteiger partial charge < -0.3 is 4.74 Å². The van der Waals surface area contributed by atoms with Gasteiger partial charge in [0.25, 0.3) is 0 Å². The Morgan fingerprint density at radius 2 is 0.935 bits per heavy atom. The van der Waals surface area contributed by atoms with Crippen LogP contribution in [-0.4, -0.2) is 58.4 Å². The Morgan fingerprint density at radius 3 is 1.23 bits per heavy atom. The van der Waals surface area contributed by atoms with E-state index in [4.69, 9.17) is 0 Å². The topological polar surface area (TPSA) is 26.3 Å². The molecule has 2 unspecified atom stereocenters. The molecular formula is C15H10F14O2. The van der Waals surface area contributed by atoms with Crippen LogP contribution in [0.1, 0.15) is 20.8 Å². The number of ether oxygens (including phenoxy) is 1. The molecule has 4 saturated carbocycles. The van der Waals surface area contributed by atoms with Gasteiger partial charge in [-0.2, -0.15) is 26.3 Å². The van der Waals surface area contributed by atoms with E-state index in [1.165, 1.54) is 0 Å². The number of alkyl halides is 14. The molecule has 0 saturated heterocycles. The van der Waals surface area contributed by atoms with Gasteiger partial charge >= 0.3 is 58.4 Å². The average Bonchev–Trinajstić information content (AvgIpc) is 2.51. The highest BCUT2D eigenvalue weighted by molar-refractivity contribution is 5.77. The monoisotopic (exact) mass is 488 g/mol. The molecule has 4 fully saturated rings. The normalized spacial score (nSPS) is 44.7. The fourth-order valence-electron chi connectivity index (χ4n) is 4.34. The minimum atomic E-state index is -7.63. The van der Waals surface area contributed by atoms with Crippen LogP contribution >= 0.6 is 0 Å². The van der Waals surface area contributed by atoms with Crippen LogP contribution in [0.4, 0.5) is 61.5 Å². The van der Waals surface area contributed by atoms with Crippen molar-refractivity contribution in [2.24, 2.45) is 11.3 Å². The lowest BCUT2D eigenvalue weighted by atomic mass is 9.41. The summed E-state index contributed by atoms with van der Waals surface area (Å²) in [6, 6.07) is 0. The summed E-state index contributed by atoms with van der Waals surface area (Å²) in [5.41, 5.74) is -23.8. The quantitative estimate of drug-likeness (QED) is 0.375. The Bertz CT molecular complexity index is 814. The van der Waals surface area contributed by atoms with Crippen LogP contribution in [0.3, 0.4) is 0 Å². The summed E-state index contributed by atoms with van der Waals surface area (Å²) >= 11 is 0. The Balaban J connectivity index is 2.59. The molecule has 0 aromatic rings. The van der Waals surface area contributed by atoms with Crippen LogP contribution in [0, 0.1) is 11.3 Å². The fraction of sp³-hybridized carbons (Fsp3) is 0.933. The van der Waals surface area contributed by atoms with Gasteiger partial charge in [-0.25, -0.2) is 35.1 Å². The van der Waals surface area contributed by atoms with Gasteiger partial charge in [-0.05, 0) is 20.8 Å². The Hall–Kier alpha value is -1.51. The lowest BCUT2D eigenvalue weighted by Gasteiger charge is -2.72. The van der Waals surface area contributed by atoms with E-state index in [0.29, 0.717) is 20.8 Å². The molecule has 4 bridgehead atoms. The van der Waals surface area contributed by atoms with Crippen LogP contribution < -0.4 is 0 Å². The molecular weight excluding hydrogens is 478 g/mol. The maximum absolute atomic E-state index is 14.8. The Kier molecular flexibility index (Phi) is 3.91. The Labute approximate surface area is 162 Å². The third-order valence-corrected chi connectivity index (χ3v) is 5.95. The second kappa shape index (κ2) is 5.02. The number of esters is 1. The molecule has 0 aromatic carbocycles. The second-order valence-electron chi connectivity index (χ2n) is 8.66. The molecule has 0 aromatic heterocycles. The minimum Gasteiger partial charge on any atom is -0.439 e. The van der Waals surface area contributed by atoms with Crippen molar-refractivity contribution in [3.8, 4) is 0 Å². The summed E-state index contributed by atoms with van der Waals surface area (Å²) in [4.78, 5) is 11.9. The molecule has 0 N–H and O–H groups in total. The van der Waals surface area contributed by atoms with Gasteiger partial charge in [0.15, 0.2) is 5.92 Å². The highest BCUT2D eigenvalue weighted by Crippen LogP contribution is 2.87. The van der Waals surface area contributed by atoms with Crippen LogP contribution in [0.25, 0.3) is 0 Å². The molecule has 4 aliphatic carbocycles. The van der Waals surface area contributed by atoms with Crippen molar-refractivity contribution < 1.29 is 71.0 Å². The first-order valence-electron chi connectivity index (χ1n) is 8.12. The Morgan fingerprint density at radius 1 is 0.613 bits per heavy atom. The first-order chi connectivity index (χ1) is 13.2. The second-order valence-corrected chi connectivity index (χ2v) is 8.66. The minimum absolute atomic E-state index is 0.624. The van der Waals surface area contributed by atoms with Gasteiger partial charge in [-0.1, -0.05) is 0 Å². The van der Waals surface area contributed by atoms with E-state index in [9.17, 15) is 66.3 Å². The van der Waals surface area contributed by atoms with Crippen molar-refractivity contribution in [2.75, 3.05) is 0 Å². The van der Waals surface area contributed by atoms with E-state index >= 15 is 0 Å². The third-order valence-electron chi connectivity index (χ3n) is 5.95. The van der Waals surface area contributed by atoms with Crippen molar-refractivity contribution in [3.05, 3.63) is 0 Å². The van der Waals surface area contributed by atoms with Crippen molar-refractivity contribution in [2.45, 2.75) is 73.2 Å². The average molecular weight is 488 g/mol. The lowest BCUT2D eigenvalue weighted by Crippen LogP contribution is -3.06. The van der Waals surface area contributed by atoms with E-state index in [-0.39, 0.29) is 0 Å². The number of carbonyl (C=O) groups is 1. The van der Waals surface area contributed by atoms with Crippen molar-refractivity contribution in [3.63, 3.8) is 0 Å². The smallest absolute Gasteiger partial charge is 0.344 e. The fourth-order valence-corrected chi connectivity index (χ4v) is 4.34. The number of halogens is 14.